The lowest BCUT2D eigenvalue weighted by molar-refractivity contribution is -0.146. The summed E-state index contributed by atoms with van der Waals surface area (Å²) in [5.41, 5.74) is -0.559. The van der Waals surface area contributed by atoms with E-state index in [-0.39, 0.29) is 11.8 Å². The fraction of sp³-hybridized carbons (Fsp3) is 0.353. The van der Waals surface area contributed by atoms with Gasteiger partial charge in [-0.1, -0.05) is 6.07 Å². The van der Waals surface area contributed by atoms with E-state index in [0.717, 1.165) is 6.07 Å². The lowest BCUT2D eigenvalue weighted by Gasteiger charge is -2.19. The zero-order valence-corrected chi connectivity index (χ0v) is 13.7. The molecule has 2 atom stereocenters. The molecule has 25 heavy (non-hydrogen) atoms. The molecule has 0 radical (unpaired) electrons. The molecule has 1 aliphatic rings. The van der Waals surface area contributed by atoms with Gasteiger partial charge in [0.2, 0.25) is 5.91 Å². The third-order valence-electron chi connectivity index (χ3n) is 4.44. The molecule has 1 aromatic carbocycles. The number of hydrogen-bond donors (Lipinski definition) is 2. The summed E-state index contributed by atoms with van der Waals surface area (Å²) >= 11 is 0. The SMILES string of the molecule is CC(C)(C(=O)O)n1cc(NC(=O)C2CC2c2ccc(F)cc2F)cn1. The molecule has 3 rings (SSSR count). The molecular weight excluding hydrogens is 332 g/mol. The molecule has 6 nitrogen and oxygen atoms in total. The topological polar surface area (TPSA) is 84.2 Å². The van der Waals surface area contributed by atoms with Crippen LogP contribution in [-0.4, -0.2) is 26.8 Å². The van der Waals surface area contributed by atoms with E-state index in [9.17, 15) is 23.5 Å². The number of aromatic nitrogens is 2. The van der Waals surface area contributed by atoms with Crippen LogP contribution in [0.5, 0.6) is 0 Å². The van der Waals surface area contributed by atoms with E-state index in [4.69, 9.17) is 0 Å². The van der Waals surface area contributed by atoms with Crippen molar-refractivity contribution >= 4 is 17.6 Å². The quantitative estimate of drug-likeness (QED) is 0.869. The van der Waals surface area contributed by atoms with Crippen molar-refractivity contribution in [3.05, 3.63) is 47.8 Å². The van der Waals surface area contributed by atoms with Gasteiger partial charge in [0.1, 0.15) is 11.6 Å². The van der Waals surface area contributed by atoms with Crippen molar-refractivity contribution in [2.75, 3.05) is 5.32 Å². The summed E-state index contributed by atoms with van der Waals surface area (Å²) in [7, 11) is 0. The van der Waals surface area contributed by atoms with Gasteiger partial charge in [0.15, 0.2) is 5.54 Å². The normalized spacial score (nSPS) is 19.5. The zero-order chi connectivity index (χ0) is 18.4. The summed E-state index contributed by atoms with van der Waals surface area (Å²) in [5.74, 6) is -3.36. The Morgan fingerprint density at radius 1 is 1.36 bits per heavy atom. The number of anilines is 1. The maximum Gasteiger partial charge on any atom is 0.331 e. The minimum absolute atomic E-state index is 0.286. The van der Waals surface area contributed by atoms with Gasteiger partial charge < -0.3 is 10.4 Å². The Hall–Kier alpha value is -2.77. The van der Waals surface area contributed by atoms with Gasteiger partial charge in [0, 0.05) is 18.2 Å². The standard InChI is InChI=1S/C17H17F2N3O3/c1-17(2,16(24)25)22-8-10(7-20-22)21-15(23)13-6-12(13)11-4-3-9(18)5-14(11)19/h3-5,7-8,12-13H,6H2,1-2H3,(H,21,23)(H,24,25). The Kier molecular flexibility index (Phi) is 4.06. The van der Waals surface area contributed by atoms with Gasteiger partial charge >= 0.3 is 5.97 Å². The van der Waals surface area contributed by atoms with E-state index in [2.05, 4.69) is 10.4 Å². The zero-order valence-electron chi connectivity index (χ0n) is 13.7. The first-order valence-corrected chi connectivity index (χ1v) is 7.74. The second kappa shape index (κ2) is 5.94. The molecule has 1 aliphatic carbocycles. The van der Waals surface area contributed by atoms with Crippen molar-refractivity contribution in [2.45, 2.75) is 31.7 Å². The highest BCUT2D eigenvalue weighted by molar-refractivity contribution is 5.95. The monoisotopic (exact) mass is 349 g/mol. The molecule has 0 saturated heterocycles. The Balaban J connectivity index is 1.66. The molecule has 1 aromatic heterocycles. The van der Waals surface area contributed by atoms with Crippen molar-refractivity contribution in [1.82, 2.24) is 9.78 Å². The summed E-state index contributed by atoms with van der Waals surface area (Å²) in [6.45, 7) is 2.98. The lowest BCUT2D eigenvalue weighted by atomic mass is 10.1. The summed E-state index contributed by atoms with van der Waals surface area (Å²) in [6.07, 6.45) is 3.27. The second-order valence-electron chi connectivity index (χ2n) is 6.64. The van der Waals surface area contributed by atoms with E-state index in [1.165, 1.54) is 43.1 Å². The number of nitrogens with zero attached hydrogens (tertiary/aromatic N) is 2. The predicted molar refractivity (Wildman–Crippen MR) is 85.0 cm³/mol. The Labute approximate surface area is 142 Å². The lowest BCUT2D eigenvalue weighted by Crippen LogP contribution is -2.35. The molecule has 1 amide bonds. The molecular formula is C17H17F2N3O3. The molecule has 2 N–H and O–H groups in total. The summed E-state index contributed by atoms with van der Waals surface area (Å²) in [6, 6.07) is 3.33. The number of carboxylic acids is 1. The molecule has 0 aliphatic heterocycles. The number of halogens is 2. The number of amides is 1. The number of carboxylic acid groups (broad SMARTS) is 1. The van der Waals surface area contributed by atoms with Crippen molar-refractivity contribution in [1.29, 1.82) is 0 Å². The van der Waals surface area contributed by atoms with E-state index < -0.39 is 29.1 Å². The summed E-state index contributed by atoms with van der Waals surface area (Å²) < 4.78 is 28.0. The van der Waals surface area contributed by atoms with E-state index in [1.807, 2.05) is 0 Å². The van der Waals surface area contributed by atoms with Crippen molar-refractivity contribution in [3.8, 4) is 0 Å². The number of hydrogen-bond acceptors (Lipinski definition) is 3. The molecule has 1 fully saturated rings. The number of carbonyl (C=O) groups is 2. The van der Waals surface area contributed by atoms with Gasteiger partial charge in [0.05, 0.1) is 11.9 Å². The van der Waals surface area contributed by atoms with Crippen LogP contribution < -0.4 is 5.32 Å². The first kappa shape index (κ1) is 17.1. The van der Waals surface area contributed by atoms with Crippen molar-refractivity contribution < 1.29 is 23.5 Å². The number of rotatable bonds is 5. The first-order valence-electron chi connectivity index (χ1n) is 7.74. The van der Waals surface area contributed by atoms with Gasteiger partial charge in [-0.05, 0) is 37.8 Å². The molecule has 0 bridgehead atoms. The summed E-state index contributed by atoms with van der Waals surface area (Å²) in [4.78, 5) is 23.5. The fourth-order valence-corrected chi connectivity index (χ4v) is 2.66. The third kappa shape index (κ3) is 3.24. The van der Waals surface area contributed by atoms with Crippen LogP contribution in [0.15, 0.2) is 30.6 Å². The van der Waals surface area contributed by atoms with Crippen LogP contribution in [0.25, 0.3) is 0 Å². The largest absolute Gasteiger partial charge is 0.479 e. The first-order chi connectivity index (χ1) is 11.7. The van der Waals surface area contributed by atoms with Crippen LogP contribution >= 0.6 is 0 Å². The molecule has 2 aromatic rings. The Morgan fingerprint density at radius 2 is 2.08 bits per heavy atom. The van der Waals surface area contributed by atoms with Crippen molar-refractivity contribution in [2.24, 2.45) is 5.92 Å². The number of benzene rings is 1. The molecule has 0 spiro atoms. The van der Waals surface area contributed by atoms with Gasteiger partial charge in [-0.2, -0.15) is 5.10 Å². The van der Waals surface area contributed by atoms with Gasteiger partial charge in [-0.25, -0.2) is 13.6 Å². The summed E-state index contributed by atoms with van der Waals surface area (Å²) in [5, 5.41) is 15.8. The van der Waals surface area contributed by atoms with E-state index in [0.29, 0.717) is 17.7 Å². The van der Waals surface area contributed by atoms with Crippen LogP contribution in [0.4, 0.5) is 14.5 Å². The second-order valence-corrected chi connectivity index (χ2v) is 6.64. The molecule has 2 unspecified atom stereocenters. The van der Waals surface area contributed by atoms with Crippen LogP contribution in [0.1, 0.15) is 31.7 Å². The van der Waals surface area contributed by atoms with Crippen LogP contribution in [0.2, 0.25) is 0 Å². The minimum atomic E-state index is -1.25. The average Bonchev–Trinajstić information content (AvgIpc) is 3.17. The molecule has 132 valence electrons. The fourth-order valence-electron chi connectivity index (χ4n) is 2.66. The van der Waals surface area contributed by atoms with Crippen LogP contribution in [-0.2, 0) is 15.1 Å². The predicted octanol–water partition coefficient (Wildman–Crippen LogP) is 2.72. The average molecular weight is 349 g/mol. The minimum Gasteiger partial charge on any atom is -0.479 e. The van der Waals surface area contributed by atoms with Crippen LogP contribution in [0.3, 0.4) is 0 Å². The third-order valence-corrected chi connectivity index (χ3v) is 4.44. The van der Waals surface area contributed by atoms with Gasteiger partial charge in [-0.15, -0.1) is 0 Å². The maximum atomic E-state index is 13.8. The van der Waals surface area contributed by atoms with Crippen LogP contribution in [0, 0.1) is 17.6 Å². The molecule has 8 heteroatoms. The number of nitrogens with one attached hydrogen (secondary N) is 1. The number of carbonyl (C=O) groups excluding carboxylic acids is 1. The van der Waals surface area contributed by atoms with E-state index >= 15 is 0 Å². The highest BCUT2D eigenvalue weighted by Crippen LogP contribution is 2.48. The Morgan fingerprint density at radius 3 is 2.72 bits per heavy atom. The number of aliphatic carboxylic acids is 1. The van der Waals surface area contributed by atoms with Gasteiger partial charge in [0.25, 0.3) is 0 Å². The maximum absolute atomic E-state index is 13.8. The molecule has 1 heterocycles. The molecule has 1 saturated carbocycles. The van der Waals surface area contributed by atoms with Gasteiger partial charge in [-0.3, -0.25) is 9.48 Å². The smallest absolute Gasteiger partial charge is 0.331 e. The van der Waals surface area contributed by atoms with E-state index in [1.54, 1.807) is 0 Å². The van der Waals surface area contributed by atoms with Crippen molar-refractivity contribution in [3.63, 3.8) is 0 Å². The Bertz CT molecular complexity index is 847. The highest BCUT2D eigenvalue weighted by atomic mass is 19.1. The highest BCUT2D eigenvalue weighted by Gasteiger charge is 2.45.